The Morgan fingerprint density at radius 2 is 1.23 bits per heavy atom. The van der Waals surface area contributed by atoms with Crippen molar-refractivity contribution in [3.63, 3.8) is 0 Å². The molecule has 0 aromatic carbocycles. The molecule has 130 valence electrons. The molecule has 0 fully saturated rings. The minimum absolute atomic E-state index is 0.227. The molecule has 0 radical (unpaired) electrons. The summed E-state index contributed by atoms with van der Waals surface area (Å²) in [7, 11) is 0. The molecule has 6 heteroatoms. The summed E-state index contributed by atoms with van der Waals surface area (Å²) in [5.41, 5.74) is 0.387. The molecule has 0 spiro atoms. The number of hydrogen-bond donors (Lipinski definition) is 0. The summed E-state index contributed by atoms with van der Waals surface area (Å²) in [5.74, 6) is 0.155. The van der Waals surface area contributed by atoms with Gasteiger partial charge >= 0.3 is 5.97 Å². The second-order valence-electron chi connectivity index (χ2n) is 5.22. The third kappa shape index (κ3) is 15.4. The first-order chi connectivity index (χ1) is 10.5. The van der Waals surface area contributed by atoms with Gasteiger partial charge in [0.25, 0.3) is 0 Å². The van der Waals surface area contributed by atoms with Crippen LogP contribution in [0.5, 0.6) is 0 Å². The summed E-state index contributed by atoms with van der Waals surface area (Å²) in [6, 6.07) is 0. The predicted molar refractivity (Wildman–Crippen MR) is 83.9 cm³/mol. The lowest BCUT2D eigenvalue weighted by Gasteiger charge is -2.08. The molecule has 0 aliphatic rings. The first-order valence-corrected chi connectivity index (χ1v) is 7.67. The van der Waals surface area contributed by atoms with E-state index in [9.17, 15) is 4.79 Å². The molecular weight excluding hydrogens is 288 g/mol. The van der Waals surface area contributed by atoms with Gasteiger partial charge in [-0.15, -0.1) is 0 Å². The van der Waals surface area contributed by atoms with Crippen molar-refractivity contribution < 1.29 is 28.5 Å². The Hall–Kier alpha value is -0.950. The highest BCUT2D eigenvalue weighted by Crippen LogP contribution is 1.92. The first kappa shape index (κ1) is 21.0. The molecule has 0 aliphatic carbocycles. The number of rotatable bonds is 15. The minimum Gasteiger partial charge on any atom is -0.460 e. The maximum absolute atomic E-state index is 11.1. The molecule has 0 aromatic heterocycles. The van der Waals surface area contributed by atoms with Gasteiger partial charge in [0, 0.05) is 12.2 Å². The van der Waals surface area contributed by atoms with Crippen LogP contribution in [-0.4, -0.2) is 65.4 Å². The monoisotopic (exact) mass is 318 g/mol. The number of carbonyl (C=O) groups is 1. The molecular formula is C16H30O6. The minimum atomic E-state index is -0.394. The van der Waals surface area contributed by atoms with Crippen LogP contribution in [0, 0.1) is 5.92 Å². The predicted octanol–water partition coefficient (Wildman–Crippen LogP) is 1.83. The van der Waals surface area contributed by atoms with Crippen molar-refractivity contribution >= 4 is 5.97 Å². The van der Waals surface area contributed by atoms with Gasteiger partial charge in [0.15, 0.2) is 0 Å². The zero-order valence-corrected chi connectivity index (χ0v) is 14.1. The van der Waals surface area contributed by atoms with E-state index in [0.29, 0.717) is 57.7 Å². The summed E-state index contributed by atoms with van der Waals surface area (Å²) in [6.45, 7) is 13.9. The van der Waals surface area contributed by atoms with Crippen LogP contribution in [0.2, 0.25) is 0 Å². The van der Waals surface area contributed by atoms with Crippen LogP contribution in [0.4, 0.5) is 0 Å². The second-order valence-corrected chi connectivity index (χ2v) is 5.22. The van der Waals surface area contributed by atoms with Crippen molar-refractivity contribution in [1.82, 2.24) is 0 Å². The summed E-state index contributed by atoms with van der Waals surface area (Å²) in [4.78, 5) is 11.1. The van der Waals surface area contributed by atoms with Crippen molar-refractivity contribution in [2.45, 2.75) is 20.8 Å². The third-order valence-electron chi connectivity index (χ3n) is 2.38. The van der Waals surface area contributed by atoms with Gasteiger partial charge in [-0.3, -0.25) is 0 Å². The van der Waals surface area contributed by atoms with Gasteiger partial charge in [-0.2, -0.15) is 0 Å². The van der Waals surface area contributed by atoms with Crippen LogP contribution >= 0.6 is 0 Å². The molecule has 0 bridgehead atoms. The topological polar surface area (TPSA) is 63.2 Å². The van der Waals surface area contributed by atoms with Gasteiger partial charge in [0.05, 0.1) is 46.2 Å². The number of carbonyl (C=O) groups excluding carboxylic acids is 1. The Morgan fingerprint density at radius 3 is 1.64 bits per heavy atom. The van der Waals surface area contributed by atoms with Crippen LogP contribution in [0.1, 0.15) is 20.8 Å². The normalized spacial score (nSPS) is 10.9. The van der Waals surface area contributed by atoms with Gasteiger partial charge in [-0.25, -0.2) is 4.79 Å². The summed E-state index contributed by atoms with van der Waals surface area (Å²) in [6.07, 6.45) is 0. The van der Waals surface area contributed by atoms with E-state index in [0.717, 1.165) is 6.61 Å². The second kappa shape index (κ2) is 15.0. The van der Waals surface area contributed by atoms with E-state index in [4.69, 9.17) is 23.7 Å². The molecule has 6 nitrogen and oxygen atoms in total. The Balaban J connectivity index is 3.08. The quantitative estimate of drug-likeness (QED) is 0.261. The average molecular weight is 318 g/mol. The molecule has 0 N–H and O–H groups in total. The molecule has 0 rings (SSSR count). The zero-order valence-electron chi connectivity index (χ0n) is 14.1. The standard InChI is InChI=1S/C16H30O6/c1-14(2)13-21-10-9-19-6-5-18-7-8-20-11-12-22-16(17)15(3)4/h14H,3,5-13H2,1-2,4H3. The molecule has 0 atom stereocenters. The lowest BCUT2D eigenvalue weighted by atomic mass is 10.2. The fourth-order valence-corrected chi connectivity index (χ4v) is 1.30. The summed E-state index contributed by atoms with van der Waals surface area (Å²) >= 11 is 0. The van der Waals surface area contributed by atoms with Crippen LogP contribution in [-0.2, 0) is 28.5 Å². The molecule has 0 aromatic rings. The SMILES string of the molecule is C=C(C)C(=O)OCCOCCOCCOCCOCC(C)C. The van der Waals surface area contributed by atoms with E-state index in [1.807, 2.05) is 0 Å². The number of hydrogen-bond acceptors (Lipinski definition) is 6. The maximum atomic E-state index is 11.1. The number of esters is 1. The van der Waals surface area contributed by atoms with Gasteiger partial charge < -0.3 is 23.7 Å². The van der Waals surface area contributed by atoms with E-state index < -0.39 is 5.97 Å². The van der Waals surface area contributed by atoms with Gasteiger partial charge in [0.1, 0.15) is 6.61 Å². The zero-order chi connectivity index (χ0) is 16.6. The van der Waals surface area contributed by atoms with E-state index in [1.54, 1.807) is 6.92 Å². The average Bonchev–Trinajstić information content (AvgIpc) is 2.46. The maximum Gasteiger partial charge on any atom is 0.333 e. The highest BCUT2D eigenvalue weighted by Gasteiger charge is 2.01. The van der Waals surface area contributed by atoms with Crippen LogP contribution in [0.3, 0.4) is 0 Å². The van der Waals surface area contributed by atoms with Crippen molar-refractivity contribution in [1.29, 1.82) is 0 Å². The van der Waals surface area contributed by atoms with Crippen molar-refractivity contribution in [3.8, 4) is 0 Å². The number of ether oxygens (including phenoxy) is 5. The lowest BCUT2D eigenvalue weighted by molar-refractivity contribution is -0.140. The summed E-state index contributed by atoms with van der Waals surface area (Å²) < 4.78 is 26.2. The summed E-state index contributed by atoms with van der Waals surface area (Å²) in [5, 5.41) is 0. The van der Waals surface area contributed by atoms with E-state index in [1.165, 1.54) is 0 Å². The van der Waals surface area contributed by atoms with E-state index in [-0.39, 0.29) is 6.61 Å². The molecule has 0 saturated carbocycles. The van der Waals surface area contributed by atoms with Gasteiger partial charge in [-0.05, 0) is 12.8 Å². The highest BCUT2D eigenvalue weighted by molar-refractivity contribution is 5.86. The van der Waals surface area contributed by atoms with Crippen molar-refractivity contribution in [2.75, 3.05) is 59.5 Å². The molecule has 0 unspecified atom stereocenters. The molecule has 22 heavy (non-hydrogen) atoms. The third-order valence-corrected chi connectivity index (χ3v) is 2.38. The lowest BCUT2D eigenvalue weighted by Crippen LogP contribution is -2.15. The van der Waals surface area contributed by atoms with Gasteiger partial charge in [0.2, 0.25) is 0 Å². The largest absolute Gasteiger partial charge is 0.460 e. The fraction of sp³-hybridized carbons (Fsp3) is 0.812. The Morgan fingerprint density at radius 1 is 0.818 bits per heavy atom. The van der Waals surface area contributed by atoms with Crippen LogP contribution in [0.25, 0.3) is 0 Å². The smallest absolute Gasteiger partial charge is 0.333 e. The van der Waals surface area contributed by atoms with E-state index in [2.05, 4.69) is 20.4 Å². The molecule has 0 saturated heterocycles. The van der Waals surface area contributed by atoms with Crippen LogP contribution in [0.15, 0.2) is 12.2 Å². The molecule has 0 heterocycles. The molecule has 0 aliphatic heterocycles. The van der Waals surface area contributed by atoms with Crippen LogP contribution < -0.4 is 0 Å². The van der Waals surface area contributed by atoms with Crippen molar-refractivity contribution in [2.24, 2.45) is 5.92 Å². The molecule has 0 amide bonds. The van der Waals surface area contributed by atoms with E-state index >= 15 is 0 Å². The Labute approximate surface area is 133 Å². The fourth-order valence-electron chi connectivity index (χ4n) is 1.30. The highest BCUT2D eigenvalue weighted by atomic mass is 16.6. The Bertz CT molecular complexity index is 290. The van der Waals surface area contributed by atoms with Crippen molar-refractivity contribution in [3.05, 3.63) is 12.2 Å². The van der Waals surface area contributed by atoms with Gasteiger partial charge in [-0.1, -0.05) is 20.4 Å². The Kier molecular flexibility index (Phi) is 14.3. The first-order valence-electron chi connectivity index (χ1n) is 7.67.